The maximum atomic E-state index is 10.1. The molecule has 1 rings (SSSR count). The van der Waals surface area contributed by atoms with E-state index in [4.69, 9.17) is 5.73 Å². The lowest BCUT2D eigenvalue weighted by atomic mass is 10.3. The maximum Gasteiger partial charge on any atom is 0.207 e. The number of rotatable bonds is 6. The minimum Gasteiger partial charge on any atom is -0.357 e. The molecule has 0 aliphatic heterocycles. The number of hydrogen-bond acceptors (Lipinski definition) is 4. The van der Waals surface area contributed by atoms with Crippen LogP contribution in [0.1, 0.15) is 5.56 Å². The van der Waals surface area contributed by atoms with E-state index in [0.717, 1.165) is 11.4 Å². The molecule has 1 aromatic rings. The van der Waals surface area contributed by atoms with Gasteiger partial charge in [0, 0.05) is 19.3 Å². The average Bonchev–Trinajstić information content (AvgIpc) is 2.26. The molecule has 0 aliphatic rings. The first-order valence-electron chi connectivity index (χ1n) is 4.82. The van der Waals surface area contributed by atoms with E-state index >= 15 is 0 Å². The van der Waals surface area contributed by atoms with Crippen LogP contribution in [0.25, 0.3) is 0 Å². The molecule has 0 unspecified atom stereocenters. The molecule has 1 aromatic heterocycles. The standard InChI is InChI=1S/C10H16N4O/c1-9-2-3-10(13-6-9)14(7-11)5-4-12-8-15/h2-3,6,8H,4-5,7,11H2,1H3,(H,12,15). The average molecular weight is 208 g/mol. The molecule has 0 atom stereocenters. The second-order valence-electron chi connectivity index (χ2n) is 3.21. The summed E-state index contributed by atoms with van der Waals surface area (Å²) in [6.45, 7) is 3.59. The molecule has 5 heteroatoms. The van der Waals surface area contributed by atoms with Crippen LogP contribution >= 0.6 is 0 Å². The molecule has 0 saturated carbocycles. The van der Waals surface area contributed by atoms with Gasteiger partial charge in [0.15, 0.2) is 0 Å². The molecule has 0 aliphatic carbocycles. The van der Waals surface area contributed by atoms with E-state index in [1.165, 1.54) is 0 Å². The van der Waals surface area contributed by atoms with E-state index in [2.05, 4.69) is 10.3 Å². The fraction of sp³-hybridized carbons (Fsp3) is 0.400. The van der Waals surface area contributed by atoms with Crippen LogP contribution in [0, 0.1) is 6.92 Å². The molecule has 82 valence electrons. The number of nitrogens with two attached hydrogens (primary N) is 1. The van der Waals surface area contributed by atoms with Crippen LogP contribution in [0.15, 0.2) is 18.3 Å². The minimum absolute atomic E-state index is 0.386. The molecule has 3 N–H and O–H groups in total. The lowest BCUT2D eigenvalue weighted by molar-refractivity contribution is -0.109. The molecule has 0 saturated heterocycles. The Balaban J connectivity index is 2.57. The van der Waals surface area contributed by atoms with E-state index in [-0.39, 0.29) is 0 Å². The van der Waals surface area contributed by atoms with Crippen molar-refractivity contribution in [2.45, 2.75) is 6.92 Å². The molecule has 1 amide bonds. The third kappa shape index (κ3) is 3.55. The van der Waals surface area contributed by atoms with E-state index in [1.807, 2.05) is 24.0 Å². The third-order valence-corrected chi connectivity index (χ3v) is 2.05. The van der Waals surface area contributed by atoms with Crippen LogP contribution < -0.4 is 16.0 Å². The van der Waals surface area contributed by atoms with Gasteiger partial charge in [-0.15, -0.1) is 0 Å². The molecule has 0 fully saturated rings. The normalized spacial score (nSPS) is 9.73. The largest absolute Gasteiger partial charge is 0.357 e. The van der Waals surface area contributed by atoms with Crippen molar-refractivity contribution >= 4 is 12.2 Å². The Labute approximate surface area is 89.3 Å². The summed E-state index contributed by atoms with van der Waals surface area (Å²) in [5, 5.41) is 2.59. The van der Waals surface area contributed by atoms with Gasteiger partial charge in [0.25, 0.3) is 0 Å². The topological polar surface area (TPSA) is 71.2 Å². The van der Waals surface area contributed by atoms with Gasteiger partial charge >= 0.3 is 0 Å². The van der Waals surface area contributed by atoms with Crippen molar-refractivity contribution in [3.63, 3.8) is 0 Å². The molecule has 0 aromatic carbocycles. The summed E-state index contributed by atoms with van der Waals surface area (Å²) in [5.74, 6) is 0.829. The number of carbonyl (C=O) groups is 1. The van der Waals surface area contributed by atoms with Crippen molar-refractivity contribution in [3.05, 3.63) is 23.9 Å². The molecular formula is C10H16N4O. The molecule has 0 radical (unpaired) electrons. The van der Waals surface area contributed by atoms with Gasteiger partial charge in [-0.25, -0.2) is 4.98 Å². The Kier molecular flexibility index (Phi) is 4.56. The highest BCUT2D eigenvalue weighted by molar-refractivity contribution is 5.46. The first-order valence-corrected chi connectivity index (χ1v) is 4.82. The molecule has 15 heavy (non-hydrogen) atoms. The SMILES string of the molecule is Cc1ccc(N(CN)CCNC=O)nc1. The lowest BCUT2D eigenvalue weighted by Crippen LogP contribution is -2.36. The monoisotopic (exact) mass is 208 g/mol. The van der Waals surface area contributed by atoms with Gasteiger partial charge in [0.05, 0.1) is 6.67 Å². The minimum atomic E-state index is 0.386. The Morgan fingerprint density at radius 2 is 2.40 bits per heavy atom. The van der Waals surface area contributed by atoms with E-state index in [0.29, 0.717) is 26.2 Å². The Morgan fingerprint density at radius 3 is 2.93 bits per heavy atom. The van der Waals surface area contributed by atoms with Crippen molar-refractivity contribution in [1.29, 1.82) is 0 Å². The predicted octanol–water partition coefficient (Wildman–Crippen LogP) is -0.141. The van der Waals surface area contributed by atoms with E-state index in [9.17, 15) is 4.79 Å². The number of aromatic nitrogens is 1. The summed E-state index contributed by atoms with van der Waals surface area (Å²) < 4.78 is 0. The Bertz CT molecular complexity index is 299. The summed E-state index contributed by atoms with van der Waals surface area (Å²) in [4.78, 5) is 16.2. The number of anilines is 1. The quantitative estimate of drug-likeness (QED) is 0.388. The number of carbonyl (C=O) groups excluding carboxylic acids is 1. The van der Waals surface area contributed by atoms with E-state index in [1.54, 1.807) is 6.20 Å². The first kappa shape index (κ1) is 11.5. The summed E-state index contributed by atoms with van der Waals surface area (Å²) in [7, 11) is 0. The molecule has 1 heterocycles. The highest BCUT2D eigenvalue weighted by Gasteiger charge is 2.04. The van der Waals surface area contributed by atoms with Crippen LogP contribution in [-0.2, 0) is 4.79 Å². The van der Waals surface area contributed by atoms with Crippen LogP contribution in [0.2, 0.25) is 0 Å². The van der Waals surface area contributed by atoms with Gasteiger partial charge in [-0.1, -0.05) is 6.07 Å². The zero-order valence-electron chi connectivity index (χ0n) is 8.81. The van der Waals surface area contributed by atoms with Crippen LogP contribution in [0.3, 0.4) is 0 Å². The maximum absolute atomic E-state index is 10.1. The van der Waals surface area contributed by atoms with Crippen LogP contribution in [0.4, 0.5) is 5.82 Å². The van der Waals surface area contributed by atoms with Gasteiger partial charge in [-0.05, 0) is 18.6 Å². The number of nitrogens with zero attached hydrogens (tertiary/aromatic N) is 2. The zero-order chi connectivity index (χ0) is 11.1. The third-order valence-electron chi connectivity index (χ3n) is 2.05. The van der Waals surface area contributed by atoms with Gasteiger partial charge in [0.1, 0.15) is 5.82 Å². The van der Waals surface area contributed by atoms with Crippen molar-refractivity contribution in [2.75, 3.05) is 24.7 Å². The second kappa shape index (κ2) is 5.98. The smallest absolute Gasteiger partial charge is 0.207 e. The van der Waals surface area contributed by atoms with Crippen molar-refractivity contribution in [1.82, 2.24) is 10.3 Å². The number of amides is 1. The lowest BCUT2D eigenvalue weighted by Gasteiger charge is -2.21. The number of aryl methyl sites for hydroxylation is 1. The number of hydrogen-bond donors (Lipinski definition) is 2. The summed E-state index contributed by atoms with van der Waals surface area (Å²) >= 11 is 0. The molecule has 5 nitrogen and oxygen atoms in total. The molecule has 0 spiro atoms. The molecule has 0 bridgehead atoms. The van der Waals surface area contributed by atoms with Gasteiger partial charge < -0.3 is 16.0 Å². The second-order valence-corrected chi connectivity index (χ2v) is 3.21. The summed E-state index contributed by atoms with van der Waals surface area (Å²) in [6.07, 6.45) is 2.47. The van der Waals surface area contributed by atoms with Crippen molar-refractivity contribution < 1.29 is 4.79 Å². The van der Waals surface area contributed by atoms with Crippen LogP contribution in [-0.4, -0.2) is 31.2 Å². The van der Waals surface area contributed by atoms with Gasteiger partial charge in [0.2, 0.25) is 6.41 Å². The highest BCUT2D eigenvalue weighted by atomic mass is 16.1. The highest BCUT2D eigenvalue weighted by Crippen LogP contribution is 2.08. The van der Waals surface area contributed by atoms with E-state index < -0.39 is 0 Å². The fourth-order valence-electron chi connectivity index (χ4n) is 1.20. The number of pyridine rings is 1. The Morgan fingerprint density at radius 1 is 1.60 bits per heavy atom. The molecular weight excluding hydrogens is 192 g/mol. The zero-order valence-corrected chi connectivity index (χ0v) is 8.81. The van der Waals surface area contributed by atoms with Gasteiger partial charge in [-0.3, -0.25) is 4.79 Å². The van der Waals surface area contributed by atoms with Gasteiger partial charge in [-0.2, -0.15) is 0 Å². The van der Waals surface area contributed by atoms with Crippen molar-refractivity contribution in [2.24, 2.45) is 5.73 Å². The fourth-order valence-corrected chi connectivity index (χ4v) is 1.20. The van der Waals surface area contributed by atoms with Crippen LogP contribution in [0.5, 0.6) is 0 Å². The van der Waals surface area contributed by atoms with Crippen molar-refractivity contribution in [3.8, 4) is 0 Å². The Hall–Kier alpha value is -1.62. The number of nitrogens with one attached hydrogen (secondary N) is 1. The first-order chi connectivity index (χ1) is 7.27. The summed E-state index contributed by atoms with van der Waals surface area (Å²) in [5.41, 5.74) is 6.71. The summed E-state index contributed by atoms with van der Waals surface area (Å²) in [6, 6.07) is 3.90. The predicted molar refractivity (Wildman–Crippen MR) is 59.4 cm³/mol.